The summed E-state index contributed by atoms with van der Waals surface area (Å²) in [6.07, 6.45) is -0.730. The van der Waals surface area contributed by atoms with E-state index in [4.69, 9.17) is 9.47 Å². The number of hydrogen-bond donors (Lipinski definition) is 1. The average Bonchev–Trinajstić information content (AvgIpc) is 2.75. The first-order valence-electron chi connectivity index (χ1n) is 9.58. The Bertz CT molecular complexity index is 1060. The summed E-state index contributed by atoms with van der Waals surface area (Å²) in [4.78, 5) is 24.4. The van der Waals surface area contributed by atoms with E-state index in [2.05, 4.69) is 4.72 Å². The minimum absolute atomic E-state index is 0.0436. The van der Waals surface area contributed by atoms with E-state index in [1.165, 1.54) is 42.5 Å². The Morgan fingerprint density at radius 1 is 1.19 bits per heavy atom. The number of aryl methyl sites for hydroxylation is 1. The smallest absolute Gasteiger partial charge is 0.271 e. The molecule has 166 valence electrons. The van der Waals surface area contributed by atoms with Crippen molar-refractivity contribution in [1.82, 2.24) is 4.90 Å². The first-order chi connectivity index (χ1) is 14.7. The summed E-state index contributed by atoms with van der Waals surface area (Å²) in [5, 5.41) is 11.0. The van der Waals surface area contributed by atoms with E-state index in [0.717, 1.165) is 0 Å². The monoisotopic (exact) mass is 449 g/mol. The molecule has 1 atom stereocenters. The topological polar surface area (TPSA) is 128 Å². The molecule has 0 spiro atoms. The van der Waals surface area contributed by atoms with Crippen LogP contribution in [-0.4, -0.2) is 56.6 Å². The van der Waals surface area contributed by atoms with Gasteiger partial charge in [-0.15, -0.1) is 0 Å². The van der Waals surface area contributed by atoms with Gasteiger partial charge < -0.3 is 14.4 Å². The van der Waals surface area contributed by atoms with Gasteiger partial charge in [0.15, 0.2) is 6.10 Å². The van der Waals surface area contributed by atoms with Crippen LogP contribution in [0, 0.1) is 17.0 Å². The van der Waals surface area contributed by atoms with Gasteiger partial charge >= 0.3 is 0 Å². The molecule has 0 aromatic heterocycles. The Labute approximate surface area is 180 Å². The van der Waals surface area contributed by atoms with Crippen molar-refractivity contribution in [2.45, 2.75) is 24.8 Å². The minimum Gasteiger partial charge on any atom is -0.481 e. The lowest BCUT2D eigenvalue weighted by molar-refractivity contribution is -0.384. The maximum absolute atomic E-state index is 12.7. The van der Waals surface area contributed by atoms with Crippen LogP contribution >= 0.6 is 0 Å². The Balaban J connectivity index is 1.69. The summed E-state index contributed by atoms with van der Waals surface area (Å²) in [6.45, 7) is 5.27. The number of morpholine rings is 1. The second kappa shape index (κ2) is 9.31. The van der Waals surface area contributed by atoms with Crippen LogP contribution in [0.1, 0.15) is 12.5 Å². The summed E-state index contributed by atoms with van der Waals surface area (Å²) >= 11 is 0. The molecule has 1 amide bonds. The molecule has 1 aliphatic rings. The third-order valence-electron chi connectivity index (χ3n) is 4.79. The van der Waals surface area contributed by atoms with E-state index in [1.54, 1.807) is 18.7 Å². The van der Waals surface area contributed by atoms with Crippen molar-refractivity contribution in [1.29, 1.82) is 0 Å². The molecule has 2 aromatic rings. The first kappa shape index (κ1) is 22.5. The molecule has 0 bridgehead atoms. The lowest BCUT2D eigenvalue weighted by atomic mass is 10.2. The van der Waals surface area contributed by atoms with Gasteiger partial charge in [-0.2, -0.15) is 0 Å². The van der Waals surface area contributed by atoms with E-state index < -0.39 is 21.1 Å². The van der Waals surface area contributed by atoms with Crippen molar-refractivity contribution in [2.75, 3.05) is 31.0 Å². The number of rotatable bonds is 7. The third kappa shape index (κ3) is 5.50. The van der Waals surface area contributed by atoms with Crippen LogP contribution in [0.25, 0.3) is 0 Å². The Morgan fingerprint density at radius 2 is 1.84 bits per heavy atom. The van der Waals surface area contributed by atoms with Gasteiger partial charge in [-0.25, -0.2) is 8.42 Å². The summed E-state index contributed by atoms with van der Waals surface area (Å²) in [5.41, 5.74) is 0.454. The zero-order chi connectivity index (χ0) is 22.6. The maximum Gasteiger partial charge on any atom is 0.271 e. The molecule has 0 radical (unpaired) electrons. The van der Waals surface area contributed by atoms with Gasteiger partial charge in [0.2, 0.25) is 0 Å². The number of carbonyl (C=O) groups excluding carboxylic acids is 1. The van der Waals surface area contributed by atoms with Crippen molar-refractivity contribution in [3.8, 4) is 5.75 Å². The van der Waals surface area contributed by atoms with Crippen molar-refractivity contribution in [2.24, 2.45) is 0 Å². The van der Waals surface area contributed by atoms with Gasteiger partial charge in [-0.3, -0.25) is 19.6 Å². The number of amides is 1. The minimum atomic E-state index is -3.97. The van der Waals surface area contributed by atoms with Crippen LogP contribution in [-0.2, 0) is 19.6 Å². The van der Waals surface area contributed by atoms with Crippen LogP contribution in [0.2, 0.25) is 0 Å². The Morgan fingerprint density at radius 3 is 2.45 bits per heavy atom. The molecule has 10 nitrogen and oxygen atoms in total. The predicted octanol–water partition coefficient (Wildman–Crippen LogP) is 2.33. The van der Waals surface area contributed by atoms with E-state index >= 15 is 0 Å². The molecule has 31 heavy (non-hydrogen) atoms. The highest BCUT2D eigenvalue weighted by Gasteiger charge is 2.24. The molecule has 0 saturated carbocycles. The molecule has 0 aliphatic carbocycles. The summed E-state index contributed by atoms with van der Waals surface area (Å²) in [6, 6.07) is 9.55. The SMILES string of the molecule is Cc1ccc([N+](=O)[O-])cc1NS(=O)(=O)c1ccc(O[C@@H](C)C(=O)N2CCOCC2)cc1. The van der Waals surface area contributed by atoms with Crippen LogP contribution in [0.5, 0.6) is 5.75 Å². The molecule has 1 saturated heterocycles. The Kier molecular flexibility index (Phi) is 6.76. The Hall–Kier alpha value is -3.18. The fraction of sp³-hybridized carbons (Fsp3) is 0.350. The quantitative estimate of drug-likeness (QED) is 0.507. The van der Waals surface area contributed by atoms with Crippen LogP contribution in [0.3, 0.4) is 0 Å². The number of ether oxygens (including phenoxy) is 2. The largest absolute Gasteiger partial charge is 0.481 e. The predicted molar refractivity (Wildman–Crippen MR) is 113 cm³/mol. The molecule has 1 N–H and O–H groups in total. The van der Waals surface area contributed by atoms with Crippen LogP contribution in [0.15, 0.2) is 47.4 Å². The lowest BCUT2D eigenvalue weighted by Gasteiger charge is -2.29. The highest BCUT2D eigenvalue weighted by atomic mass is 32.2. The van der Waals surface area contributed by atoms with Gasteiger partial charge in [0.25, 0.3) is 21.6 Å². The first-order valence-corrected chi connectivity index (χ1v) is 11.1. The number of carbonyl (C=O) groups is 1. The zero-order valence-electron chi connectivity index (χ0n) is 17.1. The number of benzene rings is 2. The van der Waals surface area contributed by atoms with Gasteiger partial charge in [-0.05, 0) is 43.7 Å². The number of hydrogen-bond acceptors (Lipinski definition) is 7. The molecular formula is C20H23N3O7S. The zero-order valence-corrected chi connectivity index (χ0v) is 17.9. The van der Waals surface area contributed by atoms with E-state index in [0.29, 0.717) is 37.6 Å². The number of non-ortho nitro benzene ring substituents is 1. The normalized spacial score (nSPS) is 15.2. The number of anilines is 1. The second-order valence-electron chi connectivity index (χ2n) is 7.03. The van der Waals surface area contributed by atoms with E-state index in [9.17, 15) is 23.3 Å². The molecular weight excluding hydrogens is 426 g/mol. The number of sulfonamides is 1. The summed E-state index contributed by atoms with van der Waals surface area (Å²) in [5.74, 6) is 0.183. The van der Waals surface area contributed by atoms with Gasteiger partial charge in [-0.1, -0.05) is 6.07 Å². The molecule has 3 rings (SSSR count). The van der Waals surface area contributed by atoms with Gasteiger partial charge in [0.1, 0.15) is 5.75 Å². The van der Waals surface area contributed by atoms with Crippen LogP contribution < -0.4 is 9.46 Å². The van der Waals surface area contributed by atoms with E-state index in [1.807, 2.05) is 0 Å². The number of nitro benzene ring substituents is 1. The van der Waals surface area contributed by atoms with Crippen molar-refractivity contribution in [3.63, 3.8) is 0 Å². The highest BCUT2D eigenvalue weighted by Crippen LogP contribution is 2.25. The summed E-state index contributed by atoms with van der Waals surface area (Å²) < 4.78 is 38.6. The molecule has 2 aromatic carbocycles. The number of nitro groups is 1. The van der Waals surface area contributed by atoms with E-state index in [-0.39, 0.29) is 22.2 Å². The van der Waals surface area contributed by atoms with Crippen LogP contribution in [0.4, 0.5) is 11.4 Å². The fourth-order valence-electron chi connectivity index (χ4n) is 3.03. The molecule has 0 unspecified atom stereocenters. The van der Waals surface area contributed by atoms with Crippen molar-refractivity contribution >= 4 is 27.3 Å². The molecule has 11 heteroatoms. The number of nitrogens with one attached hydrogen (secondary N) is 1. The average molecular weight is 449 g/mol. The molecule has 1 heterocycles. The summed E-state index contributed by atoms with van der Waals surface area (Å²) in [7, 11) is -3.97. The van der Waals surface area contributed by atoms with Gasteiger partial charge in [0, 0.05) is 25.2 Å². The number of nitrogens with zero attached hydrogens (tertiary/aromatic N) is 2. The highest BCUT2D eigenvalue weighted by molar-refractivity contribution is 7.92. The van der Waals surface area contributed by atoms with Gasteiger partial charge in [0.05, 0.1) is 28.7 Å². The molecule has 1 aliphatic heterocycles. The second-order valence-corrected chi connectivity index (χ2v) is 8.71. The fourth-order valence-corrected chi connectivity index (χ4v) is 4.15. The maximum atomic E-state index is 12.7. The molecule has 1 fully saturated rings. The lowest BCUT2D eigenvalue weighted by Crippen LogP contribution is -2.46. The van der Waals surface area contributed by atoms with Crippen molar-refractivity contribution in [3.05, 3.63) is 58.1 Å². The van der Waals surface area contributed by atoms with Crippen molar-refractivity contribution < 1.29 is 27.6 Å². The standard InChI is InChI=1S/C20H23N3O7S/c1-14-3-4-16(23(25)26)13-19(14)21-31(27,28)18-7-5-17(6-8-18)30-15(2)20(24)22-9-11-29-12-10-22/h3-8,13,15,21H,9-12H2,1-2H3/t15-/m0/s1. The third-order valence-corrected chi connectivity index (χ3v) is 6.18.